The van der Waals surface area contributed by atoms with Gasteiger partial charge in [-0.1, -0.05) is 41.5 Å². The van der Waals surface area contributed by atoms with E-state index in [0.29, 0.717) is 18.5 Å². The van der Waals surface area contributed by atoms with Crippen LogP contribution < -0.4 is 11.1 Å². The molecule has 7 unspecified atom stereocenters. The molecule has 0 aromatic rings. The maximum atomic E-state index is 13.2. The quantitative estimate of drug-likeness (QED) is 0.295. The number of carbonyl (C=O) groups excluding carboxylic acids is 2. The molecule has 13 atom stereocenters. The van der Waals surface area contributed by atoms with Crippen molar-refractivity contribution in [2.45, 2.75) is 155 Å². The lowest BCUT2D eigenvalue weighted by Crippen LogP contribution is -2.70. The number of aliphatic hydroxyl groups is 1. The van der Waals surface area contributed by atoms with Crippen LogP contribution in [0.2, 0.25) is 0 Å². The zero-order chi connectivity index (χ0) is 38.6. The second kappa shape index (κ2) is 13.7. The van der Waals surface area contributed by atoms with Gasteiger partial charge in [-0.25, -0.2) is 9.59 Å². The topological polar surface area (TPSA) is 130 Å². The first kappa shape index (κ1) is 39.2. The van der Waals surface area contributed by atoms with E-state index in [2.05, 4.69) is 70.5 Å². The SMILES string of the molecule is CC(C)[C@@H](OC(=O)N1CCC1)C1C[C@@H](C)[C@H]2C(O1)[C@H](O)[C@@]1(N)C3CC[C@H]4C(C)(C)C(OC(=O)NCCN5CCN(C(C)C)CC5)CCC45CC35CCC21C. The number of amides is 2. The number of carbonyl (C=O) groups is 2. The van der Waals surface area contributed by atoms with Gasteiger partial charge >= 0.3 is 12.2 Å². The summed E-state index contributed by atoms with van der Waals surface area (Å²) in [7, 11) is 0. The number of piperazine rings is 1. The smallest absolute Gasteiger partial charge is 0.410 e. The van der Waals surface area contributed by atoms with E-state index in [0.717, 1.165) is 97.2 Å². The fourth-order valence-corrected chi connectivity index (χ4v) is 14.7. The van der Waals surface area contributed by atoms with Crippen LogP contribution in [-0.2, 0) is 14.2 Å². The highest BCUT2D eigenvalue weighted by atomic mass is 16.6. The van der Waals surface area contributed by atoms with Gasteiger partial charge in [-0.15, -0.1) is 0 Å². The van der Waals surface area contributed by atoms with Crippen LogP contribution in [0.4, 0.5) is 9.59 Å². The normalized spacial score (nSPS) is 46.0. The Hall–Kier alpha value is -1.66. The van der Waals surface area contributed by atoms with Crippen LogP contribution in [0, 0.1) is 51.2 Å². The van der Waals surface area contributed by atoms with Crippen LogP contribution >= 0.6 is 0 Å². The van der Waals surface area contributed by atoms with Gasteiger partial charge in [0.25, 0.3) is 0 Å². The van der Waals surface area contributed by atoms with E-state index < -0.39 is 11.6 Å². The van der Waals surface area contributed by atoms with Gasteiger partial charge in [0.15, 0.2) is 0 Å². The fraction of sp³-hybridized carbons (Fsp3) is 0.953. The van der Waals surface area contributed by atoms with Crippen LogP contribution in [0.15, 0.2) is 0 Å². The Morgan fingerprint density at radius 3 is 2.28 bits per heavy atom. The second-order valence-electron chi connectivity index (χ2n) is 20.9. The number of likely N-dealkylation sites (tertiary alicyclic amines) is 1. The molecule has 11 nitrogen and oxygen atoms in total. The third-order valence-corrected chi connectivity index (χ3v) is 17.7. The molecular weight excluding hydrogens is 683 g/mol. The van der Waals surface area contributed by atoms with Crippen molar-refractivity contribution >= 4 is 12.2 Å². The summed E-state index contributed by atoms with van der Waals surface area (Å²) in [5.41, 5.74) is 7.00. The Balaban J connectivity index is 0.932. The van der Waals surface area contributed by atoms with Crippen molar-refractivity contribution in [2.24, 2.45) is 57.0 Å². The summed E-state index contributed by atoms with van der Waals surface area (Å²) in [5.74, 6) is 1.21. The average molecular weight is 756 g/mol. The van der Waals surface area contributed by atoms with E-state index in [1.54, 1.807) is 4.90 Å². The standard InChI is InChI=1S/C43H73N5O6/c1-26(2)34(54-38(51)48-17-9-18-48)29-24-28(5)33-35(52-29)36(49)43(44)31-11-10-30-39(6,7)32(12-13-41(30)25-42(31,41)15-14-40(33,43)8)53-37(50)45-16-19-46-20-22-47(23-21-46)27(3)4/h26-36,49H,9-25,44H2,1-8H3,(H,45,50)/t28-,29?,30+,31?,32?,33+,34-,35?,36+,40?,41?,42?,43+/m1/s1. The van der Waals surface area contributed by atoms with E-state index in [1.165, 1.54) is 6.42 Å². The van der Waals surface area contributed by atoms with Gasteiger partial charge in [-0.05, 0) is 117 Å². The molecule has 54 heavy (non-hydrogen) atoms. The molecule has 4 N–H and O–H groups in total. The molecule has 0 radical (unpaired) electrons. The first-order chi connectivity index (χ1) is 25.5. The number of hydrogen-bond acceptors (Lipinski definition) is 9. The molecule has 3 saturated heterocycles. The Morgan fingerprint density at radius 1 is 0.944 bits per heavy atom. The molecule has 2 spiro atoms. The lowest BCUT2D eigenvalue weighted by Gasteiger charge is -2.63. The van der Waals surface area contributed by atoms with Gasteiger partial charge in [0, 0.05) is 63.8 Å². The maximum absolute atomic E-state index is 13.2. The Labute approximate surface area is 325 Å². The summed E-state index contributed by atoms with van der Waals surface area (Å²) >= 11 is 0. The Bertz CT molecular complexity index is 1430. The third kappa shape index (κ3) is 5.72. The molecule has 5 aliphatic carbocycles. The molecule has 8 rings (SSSR count). The van der Waals surface area contributed by atoms with Gasteiger partial charge in [-0.2, -0.15) is 0 Å². The number of nitrogens with one attached hydrogen (secondary N) is 1. The lowest BCUT2D eigenvalue weighted by molar-refractivity contribution is -0.180. The van der Waals surface area contributed by atoms with E-state index in [-0.39, 0.29) is 81.9 Å². The first-order valence-electron chi connectivity index (χ1n) is 22.0. The highest BCUT2D eigenvalue weighted by Gasteiger charge is 2.85. The number of fused-ring (bicyclic) bond motifs is 4. The Kier molecular flexibility index (Phi) is 9.96. The van der Waals surface area contributed by atoms with Crippen molar-refractivity contribution in [2.75, 3.05) is 52.4 Å². The minimum atomic E-state index is -0.775. The molecule has 5 saturated carbocycles. The third-order valence-electron chi connectivity index (χ3n) is 17.7. The Morgan fingerprint density at radius 2 is 1.63 bits per heavy atom. The summed E-state index contributed by atoms with van der Waals surface area (Å²) in [6.07, 6.45) is 6.68. The number of nitrogens with zero attached hydrogens (tertiary/aromatic N) is 3. The number of aliphatic hydroxyl groups excluding tert-OH is 1. The minimum Gasteiger partial charge on any atom is -0.446 e. The van der Waals surface area contributed by atoms with Crippen LogP contribution in [0.25, 0.3) is 0 Å². The molecule has 8 aliphatic rings. The molecule has 0 bridgehead atoms. The van der Waals surface area contributed by atoms with Gasteiger partial charge in [-0.3, -0.25) is 9.80 Å². The summed E-state index contributed by atoms with van der Waals surface area (Å²) in [6.45, 7) is 25.3. The highest BCUT2D eigenvalue weighted by Crippen LogP contribution is 2.87. The van der Waals surface area contributed by atoms with Crippen molar-refractivity contribution in [3.63, 3.8) is 0 Å². The summed E-state index contributed by atoms with van der Waals surface area (Å²) < 4.78 is 19.4. The van der Waals surface area contributed by atoms with Gasteiger partial charge < -0.3 is 35.3 Å². The minimum absolute atomic E-state index is 0.0987. The predicted octanol–water partition coefficient (Wildman–Crippen LogP) is 5.48. The summed E-state index contributed by atoms with van der Waals surface area (Å²) in [4.78, 5) is 32.9. The molecule has 8 fully saturated rings. The fourth-order valence-electron chi connectivity index (χ4n) is 14.7. The van der Waals surface area contributed by atoms with Crippen molar-refractivity contribution in [1.82, 2.24) is 20.0 Å². The number of nitrogens with two attached hydrogens (primary N) is 1. The van der Waals surface area contributed by atoms with E-state index in [4.69, 9.17) is 19.9 Å². The molecule has 0 aromatic carbocycles. The maximum Gasteiger partial charge on any atom is 0.410 e. The van der Waals surface area contributed by atoms with Crippen molar-refractivity contribution in [3.8, 4) is 0 Å². The molecule has 306 valence electrons. The average Bonchev–Trinajstić information content (AvgIpc) is 3.72. The predicted molar refractivity (Wildman–Crippen MR) is 208 cm³/mol. The molecule has 11 heteroatoms. The van der Waals surface area contributed by atoms with Crippen LogP contribution in [0.1, 0.15) is 113 Å². The number of hydrogen-bond donors (Lipinski definition) is 3. The number of alkyl carbamates (subject to hydrolysis) is 1. The first-order valence-corrected chi connectivity index (χ1v) is 22.0. The van der Waals surface area contributed by atoms with Crippen LogP contribution in [-0.4, -0.2) is 126 Å². The summed E-state index contributed by atoms with van der Waals surface area (Å²) in [5, 5.41) is 15.7. The van der Waals surface area contributed by atoms with Gasteiger partial charge in [0.1, 0.15) is 12.2 Å². The van der Waals surface area contributed by atoms with Crippen LogP contribution in [0.5, 0.6) is 0 Å². The number of rotatable bonds is 8. The van der Waals surface area contributed by atoms with Crippen molar-refractivity contribution in [3.05, 3.63) is 0 Å². The zero-order valence-corrected chi connectivity index (χ0v) is 34.8. The van der Waals surface area contributed by atoms with E-state index in [9.17, 15) is 14.7 Å². The zero-order valence-electron chi connectivity index (χ0n) is 34.8. The van der Waals surface area contributed by atoms with Crippen molar-refractivity contribution < 1.29 is 28.9 Å². The van der Waals surface area contributed by atoms with E-state index >= 15 is 0 Å². The van der Waals surface area contributed by atoms with Crippen molar-refractivity contribution in [1.29, 1.82) is 0 Å². The molecule has 2 amide bonds. The monoisotopic (exact) mass is 756 g/mol. The van der Waals surface area contributed by atoms with Crippen LogP contribution in [0.3, 0.4) is 0 Å². The molecule has 0 aromatic heterocycles. The summed E-state index contributed by atoms with van der Waals surface area (Å²) in [6, 6.07) is 0.580. The van der Waals surface area contributed by atoms with Gasteiger partial charge in [0.05, 0.1) is 23.9 Å². The molecular formula is C43H73N5O6. The largest absolute Gasteiger partial charge is 0.446 e. The molecule has 3 aliphatic heterocycles. The van der Waals surface area contributed by atoms with Gasteiger partial charge in [0.2, 0.25) is 0 Å². The van der Waals surface area contributed by atoms with E-state index in [1.807, 2.05) is 0 Å². The second-order valence-corrected chi connectivity index (χ2v) is 20.9. The lowest BCUT2D eigenvalue weighted by atomic mass is 9.43. The highest BCUT2D eigenvalue weighted by molar-refractivity contribution is 5.68. The molecule has 3 heterocycles. The number of ether oxygens (including phenoxy) is 3.